The van der Waals surface area contributed by atoms with Crippen LogP contribution in [0, 0.1) is 11.8 Å². The first-order chi connectivity index (χ1) is 9.04. The van der Waals surface area contributed by atoms with Crippen molar-refractivity contribution in [2.75, 3.05) is 13.1 Å². The highest BCUT2D eigenvalue weighted by atomic mass is 32.1. The van der Waals surface area contributed by atoms with Crippen LogP contribution in [0.5, 0.6) is 0 Å². The third kappa shape index (κ3) is 3.37. The molecule has 19 heavy (non-hydrogen) atoms. The maximum absolute atomic E-state index is 12.3. The molecular weight excluding hydrogens is 256 g/mol. The summed E-state index contributed by atoms with van der Waals surface area (Å²) in [6.07, 6.45) is 3.23. The zero-order chi connectivity index (χ0) is 13.9. The van der Waals surface area contributed by atoms with Crippen LogP contribution >= 0.6 is 11.3 Å². The van der Waals surface area contributed by atoms with Crippen molar-refractivity contribution in [2.24, 2.45) is 17.6 Å². The smallest absolute Gasteiger partial charge is 0.223 e. The number of amides is 1. The Morgan fingerprint density at radius 1 is 1.53 bits per heavy atom. The van der Waals surface area contributed by atoms with Crippen LogP contribution in [0.4, 0.5) is 0 Å². The second kappa shape index (κ2) is 6.06. The van der Waals surface area contributed by atoms with Crippen molar-refractivity contribution < 1.29 is 4.79 Å². The highest BCUT2D eigenvalue weighted by Gasteiger charge is 2.33. The van der Waals surface area contributed by atoms with Crippen LogP contribution in [0.3, 0.4) is 0 Å². The molecular formula is C15H24N2OS. The standard InChI is InChI=1S/C15H24N2OS/c1-15(2,13-7-4-8-19-13)10-17-14(18)12-6-3-5-11(12)9-16/h4,7-8,11-12H,3,5-6,9-10,16H2,1-2H3,(H,17,18). The third-order valence-electron chi connectivity index (χ3n) is 4.19. The Morgan fingerprint density at radius 2 is 2.32 bits per heavy atom. The molecule has 3 N–H and O–H groups in total. The molecule has 1 aliphatic carbocycles. The predicted octanol–water partition coefficient (Wildman–Crippen LogP) is 2.52. The predicted molar refractivity (Wildman–Crippen MR) is 80.2 cm³/mol. The van der Waals surface area contributed by atoms with Gasteiger partial charge in [-0.25, -0.2) is 0 Å². The first-order valence-corrected chi connectivity index (χ1v) is 7.94. The largest absolute Gasteiger partial charge is 0.355 e. The highest BCUT2D eigenvalue weighted by Crippen LogP contribution is 2.31. The second-order valence-corrected chi connectivity index (χ2v) is 7.06. The van der Waals surface area contributed by atoms with Gasteiger partial charge >= 0.3 is 0 Å². The van der Waals surface area contributed by atoms with Crippen LogP contribution < -0.4 is 11.1 Å². The minimum absolute atomic E-state index is 0.000637. The minimum atomic E-state index is 0.000637. The van der Waals surface area contributed by atoms with Gasteiger partial charge < -0.3 is 11.1 Å². The molecule has 2 atom stereocenters. The molecule has 1 heterocycles. The Kier molecular flexibility index (Phi) is 4.63. The fourth-order valence-electron chi connectivity index (χ4n) is 2.85. The van der Waals surface area contributed by atoms with Gasteiger partial charge in [0.1, 0.15) is 0 Å². The van der Waals surface area contributed by atoms with Crippen molar-refractivity contribution in [3.05, 3.63) is 22.4 Å². The summed E-state index contributed by atoms with van der Waals surface area (Å²) < 4.78 is 0. The zero-order valence-electron chi connectivity index (χ0n) is 11.8. The fraction of sp³-hybridized carbons (Fsp3) is 0.667. The van der Waals surface area contributed by atoms with E-state index in [4.69, 9.17) is 5.73 Å². The highest BCUT2D eigenvalue weighted by molar-refractivity contribution is 7.10. The molecule has 2 unspecified atom stereocenters. The summed E-state index contributed by atoms with van der Waals surface area (Å²) in [5.74, 6) is 0.701. The lowest BCUT2D eigenvalue weighted by Crippen LogP contribution is -2.41. The Labute approximate surface area is 119 Å². The van der Waals surface area contributed by atoms with E-state index in [1.165, 1.54) is 4.88 Å². The molecule has 1 aromatic rings. The number of carbonyl (C=O) groups is 1. The summed E-state index contributed by atoms with van der Waals surface area (Å²) in [7, 11) is 0. The molecule has 0 aliphatic heterocycles. The molecule has 0 saturated heterocycles. The average molecular weight is 280 g/mol. The molecule has 2 rings (SSSR count). The lowest BCUT2D eigenvalue weighted by molar-refractivity contribution is -0.126. The van der Waals surface area contributed by atoms with Gasteiger partial charge in [0, 0.05) is 22.8 Å². The maximum Gasteiger partial charge on any atom is 0.223 e. The van der Waals surface area contributed by atoms with Crippen LogP contribution in [-0.4, -0.2) is 19.0 Å². The first-order valence-electron chi connectivity index (χ1n) is 7.06. The quantitative estimate of drug-likeness (QED) is 0.871. The third-order valence-corrected chi connectivity index (χ3v) is 5.43. The molecule has 0 spiro atoms. The number of nitrogens with one attached hydrogen (secondary N) is 1. The van der Waals surface area contributed by atoms with Crippen molar-refractivity contribution >= 4 is 17.2 Å². The molecule has 1 fully saturated rings. The molecule has 1 aliphatic rings. The number of hydrogen-bond acceptors (Lipinski definition) is 3. The molecule has 0 aromatic carbocycles. The van der Waals surface area contributed by atoms with E-state index in [0.29, 0.717) is 19.0 Å². The molecule has 1 amide bonds. The summed E-state index contributed by atoms with van der Waals surface area (Å²) >= 11 is 1.75. The lowest BCUT2D eigenvalue weighted by atomic mass is 9.90. The van der Waals surface area contributed by atoms with E-state index in [2.05, 4.69) is 36.7 Å². The van der Waals surface area contributed by atoms with E-state index in [0.717, 1.165) is 19.3 Å². The number of hydrogen-bond donors (Lipinski definition) is 2. The van der Waals surface area contributed by atoms with Crippen molar-refractivity contribution in [1.82, 2.24) is 5.32 Å². The number of nitrogens with two attached hydrogens (primary N) is 1. The van der Waals surface area contributed by atoms with Crippen molar-refractivity contribution in [1.29, 1.82) is 0 Å². The van der Waals surface area contributed by atoms with Gasteiger partial charge in [-0.1, -0.05) is 26.3 Å². The van der Waals surface area contributed by atoms with Crippen LogP contribution in [-0.2, 0) is 10.2 Å². The number of thiophene rings is 1. The van der Waals surface area contributed by atoms with Gasteiger partial charge in [-0.05, 0) is 36.8 Å². The number of carbonyl (C=O) groups excluding carboxylic acids is 1. The minimum Gasteiger partial charge on any atom is -0.355 e. The van der Waals surface area contributed by atoms with Gasteiger partial charge in [-0.2, -0.15) is 0 Å². The molecule has 0 radical (unpaired) electrons. The van der Waals surface area contributed by atoms with Gasteiger partial charge in [0.25, 0.3) is 0 Å². The van der Waals surface area contributed by atoms with E-state index in [1.54, 1.807) is 11.3 Å². The van der Waals surface area contributed by atoms with E-state index >= 15 is 0 Å². The van der Waals surface area contributed by atoms with E-state index < -0.39 is 0 Å². The van der Waals surface area contributed by atoms with E-state index in [-0.39, 0.29) is 17.2 Å². The normalized spacial score (nSPS) is 23.5. The van der Waals surface area contributed by atoms with Crippen molar-refractivity contribution in [3.8, 4) is 0 Å². The van der Waals surface area contributed by atoms with Crippen molar-refractivity contribution in [3.63, 3.8) is 0 Å². The molecule has 3 nitrogen and oxygen atoms in total. The van der Waals surface area contributed by atoms with Gasteiger partial charge in [0.05, 0.1) is 0 Å². The van der Waals surface area contributed by atoms with Crippen LogP contribution in [0.25, 0.3) is 0 Å². The van der Waals surface area contributed by atoms with Crippen molar-refractivity contribution in [2.45, 2.75) is 38.5 Å². The second-order valence-electron chi connectivity index (χ2n) is 6.11. The summed E-state index contributed by atoms with van der Waals surface area (Å²) in [4.78, 5) is 13.6. The zero-order valence-corrected chi connectivity index (χ0v) is 12.6. The average Bonchev–Trinajstić information content (AvgIpc) is 3.06. The summed E-state index contributed by atoms with van der Waals surface area (Å²) in [5, 5.41) is 5.21. The fourth-order valence-corrected chi connectivity index (χ4v) is 3.71. The summed E-state index contributed by atoms with van der Waals surface area (Å²) in [6, 6.07) is 4.19. The SMILES string of the molecule is CC(C)(CNC(=O)C1CCCC1CN)c1cccs1. The first kappa shape index (κ1) is 14.5. The molecule has 0 bridgehead atoms. The molecule has 4 heteroatoms. The van der Waals surface area contributed by atoms with Gasteiger partial charge in [0.15, 0.2) is 0 Å². The molecule has 1 aromatic heterocycles. The Hall–Kier alpha value is -0.870. The monoisotopic (exact) mass is 280 g/mol. The Bertz CT molecular complexity index is 414. The van der Waals surface area contributed by atoms with Gasteiger partial charge in [0.2, 0.25) is 5.91 Å². The number of rotatable bonds is 5. The summed E-state index contributed by atoms with van der Waals surface area (Å²) in [6.45, 7) is 5.68. The molecule has 106 valence electrons. The van der Waals surface area contributed by atoms with E-state index in [1.807, 2.05) is 0 Å². The summed E-state index contributed by atoms with van der Waals surface area (Å²) in [5.41, 5.74) is 5.74. The Morgan fingerprint density at radius 3 is 2.95 bits per heavy atom. The van der Waals surface area contributed by atoms with Gasteiger partial charge in [-0.3, -0.25) is 4.79 Å². The van der Waals surface area contributed by atoms with Crippen LogP contribution in [0.15, 0.2) is 17.5 Å². The Balaban J connectivity index is 1.90. The lowest BCUT2D eigenvalue weighted by Gasteiger charge is -2.25. The molecule has 1 saturated carbocycles. The van der Waals surface area contributed by atoms with Gasteiger partial charge in [-0.15, -0.1) is 11.3 Å². The van der Waals surface area contributed by atoms with Crippen LogP contribution in [0.2, 0.25) is 0 Å². The topological polar surface area (TPSA) is 55.1 Å². The van der Waals surface area contributed by atoms with Crippen LogP contribution in [0.1, 0.15) is 38.0 Å². The maximum atomic E-state index is 12.3. The van der Waals surface area contributed by atoms with E-state index in [9.17, 15) is 4.79 Å².